The number of pyridine rings is 1. The van der Waals surface area contributed by atoms with Crippen LogP contribution in [-0.2, 0) is 16.0 Å². The number of Topliss-reactive ketones (excluding diaryl/α,β-unsaturated/α-hetero) is 1. The molecule has 2 unspecified atom stereocenters. The van der Waals surface area contributed by atoms with E-state index >= 15 is 0 Å². The number of benzene rings is 2. The highest BCUT2D eigenvalue weighted by molar-refractivity contribution is 9.10. The van der Waals surface area contributed by atoms with Crippen LogP contribution in [0.1, 0.15) is 29.7 Å². The third-order valence-corrected chi connectivity index (χ3v) is 6.17. The summed E-state index contributed by atoms with van der Waals surface area (Å²) < 4.78 is 6.54. The van der Waals surface area contributed by atoms with Gasteiger partial charge in [-0.05, 0) is 60.5 Å². The number of nitrogens with zero attached hydrogens (tertiary/aromatic N) is 2. The van der Waals surface area contributed by atoms with Crippen molar-refractivity contribution in [1.29, 1.82) is 0 Å². The molecule has 0 spiro atoms. The molecule has 160 valence electrons. The van der Waals surface area contributed by atoms with Gasteiger partial charge < -0.3 is 9.84 Å². The summed E-state index contributed by atoms with van der Waals surface area (Å²) in [5, 5.41) is 11.3. The van der Waals surface area contributed by atoms with E-state index in [0.717, 1.165) is 15.8 Å². The van der Waals surface area contributed by atoms with E-state index in [9.17, 15) is 14.7 Å². The largest absolute Gasteiger partial charge is 0.507 e. The molecule has 1 N–H and O–H groups in total. The minimum absolute atomic E-state index is 0.0330. The van der Waals surface area contributed by atoms with Gasteiger partial charge in [-0.3, -0.25) is 14.5 Å². The van der Waals surface area contributed by atoms with Crippen molar-refractivity contribution in [1.82, 2.24) is 4.98 Å². The van der Waals surface area contributed by atoms with Gasteiger partial charge in [-0.1, -0.05) is 34.1 Å². The van der Waals surface area contributed by atoms with Crippen LogP contribution in [0.2, 0.25) is 0 Å². The van der Waals surface area contributed by atoms with Crippen molar-refractivity contribution in [3.63, 3.8) is 0 Å². The van der Waals surface area contributed by atoms with Crippen LogP contribution in [0.25, 0.3) is 5.76 Å². The number of aromatic nitrogens is 1. The molecule has 0 radical (unpaired) electrons. The number of rotatable bonds is 3. The molecule has 3 aromatic rings. The summed E-state index contributed by atoms with van der Waals surface area (Å²) in [4.78, 5) is 31.9. The number of amides is 1. The molecule has 1 fully saturated rings. The van der Waals surface area contributed by atoms with Crippen LogP contribution >= 0.6 is 15.9 Å². The number of halogens is 1. The average Bonchev–Trinajstić information content (AvgIpc) is 3.29. The number of hydrogen-bond donors (Lipinski definition) is 1. The third-order valence-electron chi connectivity index (χ3n) is 5.67. The van der Waals surface area contributed by atoms with Crippen molar-refractivity contribution in [3.8, 4) is 5.75 Å². The van der Waals surface area contributed by atoms with E-state index in [1.807, 2.05) is 37.3 Å². The minimum Gasteiger partial charge on any atom is -0.507 e. The van der Waals surface area contributed by atoms with Crippen LogP contribution in [0.5, 0.6) is 5.75 Å². The summed E-state index contributed by atoms with van der Waals surface area (Å²) in [5.41, 5.74) is 2.15. The topological polar surface area (TPSA) is 79.7 Å². The fourth-order valence-corrected chi connectivity index (χ4v) is 4.70. The number of hydrogen-bond acceptors (Lipinski definition) is 5. The molecular weight excluding hydrogens is 472 g/mol. The summed E-state index contributed by atoms with van der Waals surface area (Å²) in [7, 11) is 0. The number of anilines is 1. The molecule has 6 nitrogen and oxygen atoms in total. The Morgan fingerprint density at radius 2 is 1.97 bits per heavy atom. The Balaban J connectivity index is 1.70. The molecule has 0 aliphatic carbocycles. The second kappa shape index (κ2) is 7.91. The van der Waals surface area contributed by atoms with Gasteiger partial charge in [-0.15, -0.1) is 0 Å². The van der Waals surface area contributed by atoms with E-state index < -0.39 is 17.7 Å². The summed E-state index contributed by atoms with van der Waals surface area (Å²) in [6.07, 6.45) is 2.33. The van der Waals surface area contributed by atoms with Crippen LogP contribution in [0.15, 0.2) is 76.9 Å². The zero-order chi connectivity index (χ0) is 22.4. The first-order chi connectivity index (χ1) is 15.4. The van der Waals surface area contributed by atoms with E-state index in [2.05, 4.69) is 20.9 Å². The standard InChI is InChI=1S/C25H19BrN2O4/c1-14-11-17-12-16(8-9-19(17)32-14)23(29)21-22(15-5-4-6-18(26)13-15)28(25(31)24(21)30)20-7-2-3-10-27-20/h2-10,12-14,22,29H,11H2,1H3/b23-21+. The van der Waals surface area contributed by atoms with E-state index in [4.69, 9.17) is 4.74 Å². The Hall–Kier alpha value is -3.45. The van der Waals surface area contributed by atoms with E-state index in [1.165, 1.54) is 4.90 Å². The summed E-state index contributed by atoms with van der Waals surface area (Å²) in [5.74, 6) is -0.577. The van der Waals surface area contributed by atoms with Crippen molar-refractivity contribution in [2.24, 2.45) is 0 Å². The maximum absolute atomic E-state index is 13.2. The number of fused-ring (bicyclic) bond motifs is 1. The Labute approximate surface area is 193 Å². The molecular formula is C25H19BrN2O4. The lowest BCUT2D eigenvalue weighted by atomic mass is 9.94. The van der Waals surface area contributed by atoms with Crippen molar-refractivity contribution >= 4 is 39.2 Å². The van der Waals surface area contributed by atoms with Gasteiger partial charge in [0, 0.05) is 22.7 Å². The van der Waals surface area contributed by atoms with Crippen LogP contribution in [0.4, 0.5) is 5.82 Å². The second-order valence-corrected chi connectivity index (χ2v) is 8.78. The number of aliphatic hydroxyl groups is 1. The molecule has 2 aliphatic heterocycles. The molecule has 1 aromatic heterocycles. The number of aliphatic hydroxyl groups excluding tert-OH is 1. The van der Waals surface area contributed by atoms with Gasteiger partial charge in [0.25, 0.3) is 5.78 Å². The average molecular weight is 491 g/mol. The third kappa shape index (κ3) is 3.39. The molecule has 2 atom stereocenters. The van der Waals surface area contributed by atoms with E-state index in [0.29, 0.717) is 23.4 Å². The van der Waals surface area contributed by atoms with Crippen LogP contribution in [-0.4, -0.2) is 27.9 Å². The minimum atomic E-state index is -0.814. The highest BCUT2D eigenvalue weighted by Crippen LogP contribution is 2.42. The van der Waals surface area contributed by atoms with Gasteiger partial charge in [0.1, 0.15) is 23.4 Å². The SMILES string of the molecule is CC1Cc2cc(/C(O)=C3\C(=O)C(=O)N(c4ccccn4)C3c3cccc(Br)c3)ccc2O1. The van der Waals surface area contributed by atoms with E-state index in [1.54, 1.807) is 36.5 Å². The molecule has 0 bridgehead atoms. The van der Waals surface area contributed by atoms with Crippen LogP contribution in [0.3, 0.4) is 0 Å². The zero-order valence-corrected chi connectivity index (χ0v) is 18.7. The maximum atomic E-state index is 13.2. The lowest BCUT2D eigenvalue weighted by Crippen LogP contribution is -2.30. The molecule has 32 heavy (non-hydrogen) atoms. The molecule has 3 heterocycles. The highest BCUT2D eigenvalue weighted by atomic mass is 79.9. The molecule has 7 heteroatoms. The summed E-state index contributed by atoms with van der Waals surface area (Å²) in [6, 6.07) is 17.0. The van der Waals surface area contributed by atoms with Crippen molar-refractivity contribution in [2.75, 3.05) is 4.90 Å². The Bertz CT molecular complexity index is 1270. The first-order valence-corrected chi connectivity index (χ1v) is 11.0. The van der Waals surface area contributed by atoms with Gasteiger partial charge in [-0.2, -0.15) is 0 Å². The second-order valence-electron chi connectivity index (χ2n) is 7.87. The molecule has 1 saturated heterocycles. The molecule has 0 saturated carbocycles. The number of ketones is 1. The summed E-state index contributed by atoms with van der Waals surface area (Å²) >= 11 is 3.46. The van der Waals surface area contributed by atoms with Gasteiger partial charge in [-0.25, -0.2) is 4.98 Å². The predicted octanol–water partition coefficient (Wildman–Crippen LogP) is 4.79. The fraction of sp³-hybridized carbons (Fsp3) is 0.160. The monoisotopic (exact) mass is 490 g/mol. The summed E-state index contributed by atoms with van der Waals surface area (Å²) in [6.45, 7) is 1.98. The predicted molar refractivity (Wildman–Crippen MR) is 123 cm³/mol. The first-order valence-electron chi connectivity index (χ1n) is 10.2. The smallest absolute Gasteiger partial charge is 0.301 e. The van der Waals surface area contributed by atoms with Crippen LogP contribution in [0, 0.1) is 0 Å². The highest BCUT2D eigenvalue weighted by Gasteiger charge is 2.47. The molecule has 1 amide bonds. The first kappa shape index (κ1) is 20.5. The lowest BCUT2D eigenvalue weighted by Gasteiger charge is -2.24. The maximum Gasteiger partial charge on any atom is 0.301 e. The zero-order valence-electron chi connectivity index (χ0n) is 17.2. The van der Waals surface area contributed by atoms with Gasteiger partial charge >= 0.3 is 5.91 Å². The fourth-order valence-electron chi connectivity index (χ4n) is 4.28. The molecule has 2 aromatic carbocycles. The normalized spacial score (nSPS) is 21.5. The van der Waals surface area contributed by atoms with Gasteiger partial charge in [0.05, 0.1) is 11.6 Å². The number of carbonyl (C=O) groups excluding carboxylic acids is 2. The lowest BCUT2D eigenvalue weighted by molar-refractivity contribution is -0.132. The Morgan fingerprint density at radius 1 is 1.12 bits per heavy atom. The molecule has 2 aliphatic rings. The molecule has 5 rings (SSSR count). The van der Waals surface area contributed by atoms with E-state index in [-0.39, 0.29) is 17.4 Å². The van der Waals surface area contributed by atoms with Gasteiger partial charge in [0.15, 0.2) is 0 Å². The Kier molecular flexibility index (Phi) is 5.06. The van der Waals surface area contributed by atoms with Crippen molar-refractivity contribution in [3.05, 3.63) is 93.6 Å². The quantitative estimate of drug-likeness (QED) is 0.324. The van der Waals surface area contributed by atoms with Crippen molar-refractivity contribution in [2.45, 2.75) is 25.5 Å². The Morgan fingerprint density at radius 3 is 2.72 bits per heavy atom. The van der Waals surface area contributed by atoms with Gasteiger partial charge in [0.2, 0.25) is 0 Å². The van der Waals surface area contributed by atoms with Crippen molar-refractivity contribution < 1.29 is 19.4 Å². The van der Waals surface area contributed by atoms with Crippen LogP contribution < -0.4 is 9.64 Å². The number of ether oxygens (including phenoxy) is 1. The number of carbonyl (C=O) groups is 2.